The molecular formula is C29H58N10O4. The van der Waals surface area contributed by atoms with Crippen LogP contribution in [0.25, 0.3) is 0 Å². The number of carbonyl (C=O) groups excluding carboxylic acids is 4. The van der Waals surface area contributed by atoms with Crippen molar-refractivity contribution >= 4 is 35.5 Å². The van der Waals surface area contributed by atoms with E-state index in [0.717, 1.165) is 57.8 Å². The van der Waals surface area contributed by atoms with Crippen LogP contribution in [-0.4, -0.2) is 74.3 Å². The third-order valence-corrected chi connectivity index (χ3v) is 6.80. The topological polar surface area (TPSA) is 245 Å². The van der Waals surface area contributed by atoms with Gasteiger partial charge in [0.2, 0.25) is 23.6 Å². The van der Waals surface area contributed by atoms with Crippen LogP contribution in [0.2, 0.25) is 0 Å². The Morgan fingerprint density at radius 2 is 1.14 bits per heavy atom. The monoisotopic (exact) mass is 610 g/mol. The first-order valence-electron chi connectivity index (χ1n) is 15.8. The van der Waals surface area contributed by atoms with Crippen LogP contribution in [0.4, 0.5) is 0 Å². The minimum atomic E-state index is -0.682. The first-order valence-corrected chi connectivity index (χ1v) is 15.8. The molecule has 0 saturated heterocycles. The van der Waals surface area contributed by atoms with Crippen molar-refractivity contribution < 1.29 is 19.2 Å². The van der Waals surface area contributed by atoms with E-state index in [1.165, 1.54) is 0 Å². The second kappa shape index (κ2) is 26.1. The fourth-order valence-electron chi connectivity index (χ4n) is 4.32. The molecule has 0 aromatic carbocycles. The van der Waals surface area contributed by atoms with Gasteiger partial charge in [0, 0.05) is 51.5 Å². The molecule has 0 radical (unpaired) electrons. The molecule has 0 aliphatic carbocycles. The van der Waals surface area contributed by atoms with Gasteiger partial charge in [-0.1, -0.05) is 26.7 Å². The standard InChI is InChI=1S/C29H58N10O4/c1-3-17-34-24(40)15-7-5-10-19-36-27(43)23(14-12-21-38-29(32)33)39-25(41)16-8-6-9-18-35-26(42)22(4-2)13-11-20-37-28(30)31/h22-23H,3-21H2,1-2H3,(H,34,40)(H,35,42)(H,36,43)(H,39,41)(H4,30,31,37)(H4,32,33,38). The van der Waals surface area contributed by atoms with Crippen molar-refractivity contribution in [3.05, 3.63) is 0 Å². The number of guanidine groups is 2. The molecule has 0 aliphatic heterocycles. The molecule has 0 aromatic heterocycles. The lowest BCUT2D eigenvalue weighted by Gasteiger charge is -2.18. The highest BCUT2D eigenvalue weighted by Gasteiger charge is 2.20. The summed E-state index contributed by atoms with van der Waals surface area (Å²) in [6, 6.07) is -0.682. The normalized spacial score (nSPS) is 12.0. The first kappa shape index (κ1) is 39.4. The molecule has 2 atom stereocenters. The van der Waals surface area contributed by atoms with E-state index in [9.17, 15) is 19.2 Å². The largest absolute Gasteiger partial charge is 0.370 e. The molecule has 0 bridgehead atoms. The van der Waals surface area contributed by atoms with Crippen molar-refractivity contribution in [2.75, 3.05) is 32.7 Å². The molecule has 0 saturated carbocycles. The SMILES string of the molecule is CCCNC(=O)CCCCCNC(=O)C(CCCN=C(N)N)NC(=O)CCCCCNC(=O)C(CC)CCCN=C(N)N. The Balaban J connectivity index is 4.41. The Bertz CT molecular complexity index is 858. The number of hydrogen-bond donors (Lipinski definition) is 8. The van der Waals surface area contributed by atoms with Crippen molar-refractivity contribution in [2.24, 2.45) is 38.8 Å². The highest BCUT2D eigenvalue weighted by Crippen LogP contribution is 2.11. The number of nitrogens with one attached hydrogen (secondary N) is 4. The first-order chi connectivity index (χ1) is 20.6. The maximum atomic E-state index is 12.8. The van der Waals surface area contributed by atoms with Crippen molar-refractivity contribution in [1.82, 2.24) is 21.3 Å². The number of amides is 4. The number of aliphatic imine (C=N–C) groups is 2. The third kappa shape index (κ3) is 23.6. The summed E-state index contributed by atoms with van der Waals surface area (Å²) in [5.74, 6) is -0.403. The number of nitrogens with two attached hydrogens (primary N) is 4. The molecular weight excluding hydrogens is 552 g/mol. The Hall–Kier alpha value is -3.58. The molecule has 0 spiro atoms. The van der Waals surface area contributed by atoms with Gasteiger partial charge < -0.3 is 44.2 Å². The summed E-state index contributed by atoms with van der Waals surface area (Å²) in [7, 11) is 0. The fraction of sp³-hybridized carbons (Fsp3) is 0.793. The molecule has 0 fully saturated rings. The molecule has 0 aliphatic rings. The maximum absolute atomic E-state index is 12.8. The molecule has 14 nitrogen and oxygen atoms in total. The zero-order valence-corrected chi connectivity index (χ0v) is 26.4. The van der Waals surface area contributed by atoms with Crippen molar-refractivity contribution in [2.45, 2.75) is 110 Å². The van der Waals surface area contributed by atoms with Gasteiger partial charge in [-0.15, -0.1) is 0 Å². The average Bonchev–Trinajstić information content (AvgIpc) is 2.96. The minimum Gasteiger partial charge on any atom is -0.370 e. The van der Waals surface area contributed by atoms with Gasteiger partial charge in [-0.3, -0.25) is 29.2 Å². The van der Waals surface area contributed by atoms with Gasteiger partial charge >= 0.3 is 0 Å². The zero-order chi connectivity index (χ0) is 32.3. The van der Waals surface area contributed by atoms with Gasteiger partial charge in [0.15, 0.2) is 11.9 Å². The molecule has 0 aromatic rings. The predicted octanol–water partition coefficient (Wildman–Crippen LogP) is 0.484. The van der Waals surface area contributed by atoms with E-state index in [0.29, 0.717) is 58.4 Å². The van der Waals surface area contributed by atoms with Crippen LogP contribution >= 0.6 is 0 Å². The van der Waals surface area contributed by atoms with Crippen LogP contribution in [0.15, 0.2) is 9.98 Å². The van der Waals surface area contributed by atoms with Gasteiger partial charge in [0.1, 0.15) is 6.04 Å². The van der Waals surface area contributed by atoms with Gasteiger partial charge in [-0.25, -0.2) is 0 Å². The number of nitrogens with zero attached hydrogens (tertiary/aromatic N) is 2. The molecule has 14 heteroatoms. The van der Waals surface area contributed by atoms with Gasteiger partial charge in [0.05, 0.1) is 0 Å². The summed E-state index contributed by atoms with van der Waals surface area (Å²) in [5, 5.41) is 11.6. The van der Waals surface area contributed by atoms with Crippen molar-refractivity contribution in [1.29, 1.82) is 0 Å². The van der Waals surface area contributed by atoms with Crippen molar-refractivity contribution in [3.8, 4) is 0 Å². The van der Waals surface area contributed by atoms with E-state index in [1.54, 1.807) is 0 Å². The maximum Gasteiger partial charge on any atom is 0.242 e. The minimum absolute atomic E-state index is 0.0161. The van der Waals surface area contributed by atoms with Crippen molar-refractivity contribution in [3.63, 3.8) is 0 Å². The number of carbonyl (C=O) groups is 4. The van der Waals surface area contributed by atoms with Gasteiger partial charge in [-0.05, 0) is 64.2 Å². The number of unbranched alkanes of at least 4 members (excludes halogenated alkanes) is 4. The second-order valence-electron chi connectivity index (χ2n) is 10.7. The van der Waals surface area contributed by atoms with Gasteiger partial charge in [0.25, 0.3) is 0 Å². The van der Waals surface area contributed by atoms with Gasteiger partial charge in [-0.2, -0.15) is 0 Å². The highest BCUT2D eigenvalue weighted by atomic mass is 16.2. The predicted molar refractivity (Wildman–Crippen MR) is 172 cm³/mol. The van der Waals surface area contributed by atoms with Crippen LogP contribution in [-0.2, 0) is 19.2 Å². The van der Waals surface area contributed by atoms with Crippen LogP contribution in [0.5, 0.6) is 0 Å². The Morgan fingerprint density at radius 1 is 0.605 bits per heavy atom. The average molecular weight is 611 g/mol. The van der Waals surface area contributed by atoms with Crippen LogP contribution in [0.3, 0.4) is 0 Å². The Labute approximate surface area is 257 Å². The van der Waals surface area contributed by atoms with Crippen LogP contribution in [0.1, 0.15) is 104 Å². The lowest BCUT2D eigenvalue weighted by molar-refractivity contribution is -0.129. The molecule has 0 heterocycles. The fourth-order valence-corrected chi connectivity index (χ4v) is 4.32. The molecule has 4 amide bonds. The number of hydrogen-bond acceptors (Lipinski definition) is 6. The highest BCUT2D eigenvalue weighted by molar-refractivity contribution is 5.87. The van der Waals surface area contributed by atoms with Crippen LogP contribution < -0.4 is 44.2 Å². The molecule has 2 unspecified atom stereocenters. The quantitative estimate of drug-likeness (QED) is 0.0388. The van der Waals surface area contributed by atoms with E-state index in [1.807, 2.05) is 13.8 Å². The Kier molecular flexibility index (Phi) is 23.9. The number of rotatable bonds is 26. The summed E-state index contributed by atoms with van der Waals surface area (Å²) >= 11 is 0. The summed E-state index contributed by atoms with van der Waals surface area (Å²) in [4.78, 5) is 57.4. The summed E-state index contributed by atoms with van der Waals surface area (Å²) in [5.41, 5.74) is 21.4. The van der Waals surface area contributed by atoms with E-state index in [4.69, 9.17) is 22.9 Å². The van der Waals surface area contributed by atoms with E-state index in [2.05, 4.69) is 31.3 Å². The lowest BCUT2D eigenvalue weighted by atomic mass is 9.99. The smallest absolute Gasteiger partial charge is 0.242 e. The van der Waals surface area contributed by atoms with E-state index < -0.39 is 6.04 Å². The van der Waals surface area contributed by atoms with Crippen LogP contribution in [0, 0.1) is 5.92 Å². The van der Waals surface area contributed by atoms with E-state index >= 15 is 0 Å². The third-order valence-electron chi connectivity index (χ3n) is 6.80. The zero-order valence-electron chi connectivity index (χ0n) is 26.4. The molecule has 248 valence electrons. The molecule has 43 heavy (non-hydrogen) atoms. The summed E-state index contributed by atoms with van der Waals surface area (Å²) in [6.45, 7) is 6.56. The second-order valence-corrected chi connectivity index (χ2v) is 10.7. The summed E-state index contributed by atoms with van der Waals surface area (Å²) in [6.07, 6.45) is 9.31. The van der Waals surface area contributed by atoms with E-state index in [-0.39, 0.29) is 47.9 Å². The molecule has 12 N–H and O–H groups in total. The molecule has 0 rings (SSSR count). The lowest BCUT2D eigenvalue weighted by Crippen LogP contribution is -2.47. The summed E-state index contributed by atoms with van der Waals surface area (Å²) < 4.78 is 0. The Morgan fingerprint density at radius 3 is 1.67 bits per heavy atom.